The molecule has 0 saturated heterocycles. The van der Waals surface area contributed by atoms with Crippen LogP contribution >= 0.6 is 0 Å². The number of carboxylic acid groups (broad SMARTS) is 1. The van der Waals surface area contributed by atoms with Gasteiger partial charge in [-0.3, -0.25) is 0 Å². The van der Waals surface area contributed by atoms with Crippen molar-refractivity contribution in [3.63, 3.8) is 0 Å². The third-order valence-electron chi connectivity index (χ3n) is 4.11. The SMILES string of the molecule is CC(C)C1(CNC(=O)NC(C(=O)O)C(C)(C)C)CC1. The van der Waals surface area contributed by atoms with E-state index in [4.69, 9.17) is 5.11 Å². The van der Waals surface area contributed by atoms with Gasteiger partial charge in [0, 0.05) is 6.54 Å². The van der Waals surface area contributed by atoms with Crippen molar-refractivity contribution in [3.05, 3.63) is 0 Å². The Kier molecular flexibility index (Phi) is 4.48. The van der Waals surface area contributed by atoms with Crippen LogP contribution < -0.4 is 10.6 Å². The lowest BCUT2D eigenvalue weighted by Gasteiger charge is -2.28. The van der Waals surface area contributed by atoms with Crippen molar-refractivity contribution in [3.8, 4) is 0 Å². The zero-order chi connectivity index (χ0) is 14.8. The van der Waals surface area contributed by atoms with Crippen molar-refractivity contribution in [1.82, 2.24) is 10.6 Å². The molecule has 1 atom stereocenters. The average Bonchev–Trinajstić information content (AvgIpc) is 3.02. The number of aliphatic carboxylic acids is 1. The Morgan fingerprint density at radius 3 is 2.11 bits per heavy atom. The van der Waals surface area contributed by atoms with Crippen LogP contribution in [0.25, 0.3) is 0 Å². The molecule has 1 rings (SSSR count). The first-order chi connectivity index (χ1) is 8.58. The van der Waals surface area contributed by atoms with Crippen LogP contribution in [0.5, 0.6) is 0 Å². The van der Waals surface area contributed by atoms with Crippen molar-refractivity contribution >= 4 is 12.0 Å². The van der Waals surface area contributed by atoms with Crippen LogP contribution in [0.2, 0.25) is 0 Å². The largest absolute Gasteiger partial charge is 0.480 e. The van der Waals surface area contributed by atoms with E-state index < -0.39 is 23.5 Å². The maximum absolute atomic E-state index is 11.8. The van der Waals surface area contributed by atoms with Gasteiger partial charge in [-0.05, 0) is 29.6 Å². The van der Waals surface area contributed by atoms with Crippen LogP contribution in [0.3, 0.4) is 0 Å². The molecule has 1 unspecified atom stereocenters. The molecular weight excluding hydrogens is 244 g/mol. The normalized spacial score (nSPS) is 18.8. The van der Waals surface area contributed by atoms with Crippen LogP contribution in [0.1, 0.15) is 47.5 Å². The number of urea groups is 1. The predicted molar refractivity (Wildman–Crippen MR) is 73.9 cm³/mol. The summed E-state index contributed by atoms with van der Waals surface area (Å²) in [6.07, 6.45) is 2.26. The molecule has 5 nitrogen and oxygen atoms in total. The number of carbonyl (C=O) groups excluding carboxylic acids is 1. The van der Waals surface area contributed by atoms with Gasteiger partial charge in [-0.2, -0.15) is 0 Å². The molecule has 1 saturated carbocycles. The van der Waals surface area contributed by atoms with E-state index in [0.29, 0.717) is 12.5 Å². The Morgan fingerprint density at radius 1 is 1.26 bits per heavy atom. The second kappa shape index (κ2) is 5.39. The van der Waals surface area contributed by atoms with Gasteiger partial charge in [0.15, 0.2) is 0 Å². The maximum Gasteiger partial charge on any atom is 0.326 e. The summed E-state index contributed by atoms with van der Waals surface area (Å²) >= 11 is 0. The van der Waals surface area contributed by atoms with Crippen molar-refractivity contribution < 1.29 is 14.7 Å². The molecule has 0 bridgehead atoms. The summed E-state index contributed by atoms with van der Waals surface area (Å²) in [4.78, 5) is 23.0. The second-order valence-electron chi connectivity index (χ2n) is 6.98. The molecule has 1 fully saturated rings. The summed E-state index contributed by atoms with van der Waals surface area (Å²) in [5.74, 6) is -0.474. The van der Waals surface area contributed by atoms with Crippen LogP contribution in [0, 0.1) is 16.7 Å². The molecule has 0 heterocycles. The number of hydrogen-bond donors (Lipinski definition) is 3. The molecule has 0 aliphatic heterocycles. The first kappa shape index (κ1) is 15.8. The highest BCUT2D eigenvalue weighted by Gasteiger charge is 2.45. The van der Waals surface area contributed by atoms with Crippen LogP contribution in [-0.2, 0) is 4.79 Å². The molecule has 3 N–H and O–H groups in total. The first-order valence-corrected chi connectivity index (χ1v) is 6.86. The average molecular weight is 270 g/mol. The molecular formula is C14H26N2O3. The fraction of sp³-hybridized carbons (Fsp3) is 0.857. The van der Waals surface area contributed by atoms with E-state index in [1.807, 2.05) is 0 Å². The summed E-state index contributed by atoms with van der Waals surface area (Å²) in [6.45, 7) is 10.3. The van der Waals surface area contributed by atoms with E-state index in [0.717, 1.165) is 12.8 Å². The fourth-order valence-corrected chi connectivity index (χ4v) is 2.21. The third kappa shape index (κ3) is 4.11. The highest BCUT2D eigenvalue weighted by atomic mass is 16.4. The van der Waals surface area contributed by atoms with Gasteiger partial charge in [-0.1, -0.05) is 34.6 Å². The molecule has 0 spiro atoms. The van der Waals surface area contributed by atoms with Gasteiger partial charge < -0.3 is 15.7 Å². The maximum atomic E-state index is 11.8. The highest BCUT2D eigenvalue weighted by molar-refractivity contribution is 5.83. The lowest BCUT2D eigenvalue weighted by atomic mass is 9.87. The summed E-state index contributed by atoms with van der Waals surface area (Å²) in [6, 6.07) is -1.28. The molecule has 0 aromatic carbocycles. The van der Waals surface area contributed by atoms with Crippen LogP contribution in [0.4, 0.5) is 4.79 Å². The summed E-state index contributed by atoms with van der Waals surface area (Å²) in [5.41, 5.74) is -0.295. The highest BCUT2D eigenvalue weighted by Crippen LogP contribution is 2.51. The molecule has 5 heteroatoms. The monoisotopic (exact) mass is 270 g/mol. The zero-order valence-electron chi connectivity index (χ0n) is 12.5. The third-order valence-corrected chi connectivity index (χ3v) is 4.11. The van der Waals surface area contributed by atoms with E-state index in [-0.39, 0.29) is 5.41 Å². The minimum absolute atomic E-state index is 0.220. The molecule has 2 amide bonds. The number of carbonyl (C=O) groups is 2. The lowest BCUT2D eigenvalue weighted by Crippen LogP contribution is -2.53. The van der Waals surface area contributed by atoms with Crippen molar-refractivity contribution in [2.24, 2.45) is 16.7 Å². The molecule has 0 aromatic heterocycles. The van der Waals surface area contributed by atoms with Crippen molar-refractivity contribution in [2.75, 3.05) is 6.54 Å². The smallest absolute Gasteiger partial charge is 0.326 e. The standard InChI is InChI=1S/C14H26N2O3/c1-9(2)14(6-7-14)8-15-12(19)16-10(11(17)18)13(3,4)5/h9-10H,6-8H2,1-5H3,(H,17,18)(H2,15,16,19). The Labute approximate surface area is 115 Å². The molecule has 110 valence electrons. The van der Waals surface area contributed by atoms with Gasteiger partial charge >= 0.3 is 12.0 Å². The van der Waals surface area contributed by atoms with Gasteiger partial charge in [-0.15, -0.1) is 0 Å². The van der Waals surface area contributed by atoms with Crippen LogP contribution in [0.15, 0.2) is 0 Å². The number of carboxylic acids is 1. The predicted octanol–water partition coefficient (Wildman–Crippen LogP) is 2.22. The quantitative estimate of drug-likeness (QED) is 0.716. The molecule has 0 radical (unpaired) electrons. The summed E-state index contributed by atoms with van der Waals surface area (Å²) in [5, 5.41) is 14.5. The number of nitrogens with one attached hydrogen (secondary N) is 2. The van der Waals surface area contributed by atoms with E-state index in [9.17, 15) is 9.59 Å². The topological polar surface area (TPSA) is 78.4 Å². The van der Waals surface area contributed by atoms with E-state index in [1.54, 1.807) is 20.8 Å². The van der Waals surface area contributed by atoms with Crippen molar-refractivity contribution in [2.45, 2.75) is 53.5 Å². The molecule has 1 aliphatic carbocycles. The molecule has 19 heavy (non-hydrogen) atoms. The van der Waals surface area contributed by atoms with Crippen LogP contribution in [-0.4, -0.2) is 29.7 Å². The minimum atomic E-state index is -1.01. The van der Waals surface area contributed by atoms with Gasteiger partial charge in [0.2, 0.25) is 0 Å². The second-order valence-corrected chi connectivity index (χ2v) is 6.98. The number of amides is 2. The van der Waals surface area contributed by atoms with Crippen molar-refractivity contribution in [1.29, 1.82) is 0 Å². The van der Waals surface area contributed by atoms with Gasteiger partial charge in [-0.25, -0.2) is 9.59 Å². The lowest BCUT2D eigenvalue weighted by molar-refractivity contribution is -0.141. The Hall–Kier alpha value is -1.26. The van der Waals surface area contributed by atoms with Gasteiger partial charge in [0.05, 0.1) is 0 Å². The van der Waals surface area contributed by atoms with E-state index >= 15 is 0 Å². The summed E-state index contributed by atoms with van der Waals surface area (Å²) in [7, 11) is 0. The Balaban J connectivity index is 2.48. The Morgan fingerprint density at radius 2 is 1.79 bits per heavy atom. The number of rotatable bonds is 5. The van der Waals surface area contributed by atoms with Gasteiger partial charge in [0.1, 0.15) is 6.04 Å². The zero-order valence-corrected chi connectivity index (χ0v) is 12.5. The first-order valence-electron chi connectivity index (χ1n) is 6.86. The van der Waals surface area contributed by atoms with Gasteiger partial charge in [0.25, 0.3) is 0 Å². The van der Waals surface area contributed by atoms with E-state index in [2.05, 4.69) is 24.5 Å². The fourth-order valence-electron chi connectivity index (χ4n) is 2.21. The Bertz CT molecular complexity index is 354. The van der Waals surface area contributed by atoms with E-state index in [1.165, 1.54) is 0 Å². The molecule has 0 aromatic rings. The minimum Gasteiger partial charge on any atom is -0.480 e. The molecule has 1 aliphatic rings. The number of hydrogen-bond acceptors (Lipinski definition) is 2. The summed E-state index contributed by atoms with van der Waals surface area (Å²) < 4.78 is 0.